The Hall–Kier alpha value is -0.590. The summed E-state index contributed by atoms with van der Waals surface area (Å²) >= 11 is 5.23. The molecule has 1 unspecified atom stereocenters. The summed E-state index contributed by atoms with van der Waals surface area (Å²) in [6, 6.07) is 2.14. The van der Waals surface area contributed by atoms with E-state index in [1.165, 1.54) is 4.88 Å². The van der Waals surface area contributed by atoms with Gasteiger partial charge >= 0.3 is 6.09 Å². The van der Waals surface area contributed by atoms with Gasteiger partial charge in [0.15, 0.2) is 0 Å². The van der Waals surface area contributed by atoms with Crippen LogP contribution in [-0.4, -0.2) is 24.3 Å². The van der Waals surface area contributed by atoms with E-state index in [0.29, 0.717) is 0 Å². The lowest BCUT2D eigenvalue weighted by Gasteiger charge is -2.22. The van der Waals surface area contributed by atoms with Crippen molar-refractivity contribution in [3.05, 3.63) is 20.8 Å². The van der Waals surface area contributed by atoms with E-state index in [1.54, 1.807) is 11.3 Å². The number of carbonyl (C=O) groups is 1. The van der Waals surface area contributed by atoms with Crippen molar-refractivity contribution in [2.45, 2.75) is 52.3 Å². The number of ether oxygens (including phenoxy) is 1. The van der Waals surface area contributed by atoms with Crippen LogP contribution in [0.4, 0.5) is 4.79 Å². The van der Waals surface area contributed by atoms with Crippen molar-refractivity contribution >= 4 is 33.4 Å². The number of hydrogen-bond donors (Lipinski definition) is 2. The van der Waals surface area contributed by atoms with Gasteiger partial charge in [0.2, 0.25) is 0 Å². The smallest absolute Gasteiger partial charge is 0.407 e. The Balaban J connectivity index is 2.15. The zero-order valence-corrected chi connectivity index (χ0v) is 14.9. The fraction of sp³-hybridized carbons (Fsp3) is 0.643. The first-order valence-electron chi connectivity index (χ1n) is 6.70. The average molecular weight is 363 g/mol. The molecule has 2 N–H and O–H groups in total. The molecule has 0 aliphatic rings. The maximum absolute atomic E-state index is 11.6. The summed E-state index contributed by atoms with van der Waals surface area (Å²) < 4.78 is 6.36. The average Bonchev–Trinajstić information content (AvgIpc) is 2.67. The second-order valence-corrected chi connectivity index (χ2v) is 7.56. The van der Waals surface area contributed by atoms with Crippen molar-refractivity contribution in [3.63, 3.8) is 0 Å². The molecule has 4 nitrogen and oxygen atoms in total. The van der Waals surface area contributed by atoms with Crippen LogP contribution in [0.1, 0.15) is 39.0 Å². The van der Waals surface area contributed by atoms with Crippen molar-refractivity contribution in [2.75, 3.05) is 6.54 Å². The van der Waals surface area contributed by atoms with Crippen molar-refractivity contribution in [1.82, 2.24) is 10.6 Å². The van der Waals surface area contributed by atoms with Crippen LogP contribution in [0.15, 0.2) is 15.9 Å². The number of alkyl carbamates (subject to hydrolysis) is 1. The van der Waals surface area contributed by atoms with E-state index in [4.69, 9.17) is 4.74 Å². The summed E-state index contributed by atoms with van der Waals surface area (Å²) in [5, 5.41) is 8.27. The predicted molar refractivity (Wildman–Crippen MR) is 87.2 cm³/mol. The molecule has 1 aromatic heterocycles. The Labute approximate surface area is 133 Å². The van der Waals surface area contributed by atoms with Crippen LogP contribution < -0.4 is 10.6 Å². The van der Waals surface area contributed by atoms with Crippen molar-refractivity contribution in [1.29, 1.82) is 0 Å². The van der Waals surface area contributed by atoms with Gasteiger partial charge in [-0.25, -0.2) is 4.79 Å². The van der Waals surface area contributed by atoms with E-state index < -0.39 is 5.60 Å². The molecule has 0 radical (unpaired) electrons. The Kier molecular flexibility index (Phi) is 6.99. The first-order chi connectivity index (χ1) is 9.28. The fourth-order valence-corrected chi connectivity index (χ4v) is 3.01. The normalized spacial score (nSPS) is 13.1. The van der Waals surface area contributed by atoms with E-state index >= 15 is 0 Å². The van der Waals surface area contributed by atoms with Gasteiger partial charge in [0.1, 0.15) is 5.60 Å². The predicted octanol–water partition coefficient (Wildman–Crippen LogP) is 3.90. The number of nitrogens with one attached hydrogen (secondary N) is 2. The van der Waals surface area contributed by atoms with E-state index in [0.717, 1.165) is 24.0 Å². The molecule has 20 heavy (non-hydrogen) atoms. The van der Waals surface area contributed by atoms with Crippen LogP contribution in [0.25, 0.3) is 0 Å². The molecule has 6 heteroatoms. The molecule has 0 saturated heterocycles. The van der Waals surface area contributed by atoms with Crippen molar-refractivity contribution in [3.8, 4) is 0 Å². The summed E-state index contributed by atoms with van der Waals surface area (Å²) in [5.41, 5.74) is -0.451. The summed E-state index contributed by atoms with van der Waals surface area (Å²) in [5.74, 6) is 0. The molecule has 1 atom stereocenters. The molecule has 1 rings (SSSR count). The standard InChI is InChI=1S/C14H23BrN2O2S/c1-10(17-13(18)19-14(2,3)4)5-7-16-9-12-11(15)6-8-20-12/h6,8,10,16H,5,7,9H2,1-4H3,(H,17,18). The molecule has 0 aromatic carbocycles. The van der Waals surface area contributed by atoms with Crippen LogP contribution in [0.3, 0.4) is 0 Å². The van der Waals surface area contributed by atoms with Gasteiger partial charge in [-0.05, 0) is 68.0 Å². The van der Waals surface area contributed by atoms with E-state index in [9.17, 15) is 4.79 Å². The maximum Gasteiger partial charge on any atom is 0.407 e. The minimum absolute atomic E-state index is 0.0872. The van der Waals surface area contributed by atoms with E-state index in [-0.39, 0.29) is 12.1 Å². The Morgan fingerprint density at radius 1 is 1.50 bits per heavy atom. The minimum Gasteiger partial charge on any atom is -0.444 e. The molecular formula is C14H23BrN2O2S. The van der Waals surface area contributed by atoms with Gasteiger partial charge < -0.3 is 15.4 Å². The summed E-state index contributed by atoms with van der Waals surface area (Å²) in [6.07, 6.45) is 0.508. The number of thiophene rings is 1. The number of carbonyl (C=O) groups excluding carboxylic acids is 1. The Bertz CT molecular complexity index is 429. The second-order valence-electron chi connectivity index (χ2n) is 5.70. The molecule has 1 amide bonds. The van der Waals surface area contributed by atoms with E-state index in [2.05, 4.69) is 31.9 Å². The molecule has 0 spiro atoms. The van der Waals surface area contributed by atoms with Gasteiger partial charge in [0.05, 0.1) is 0 Å². The molecule has 1 aromatic rings. The van der Waals surface area contributed by atoms with Crippen molar-refractivity contribution in [2.24, 2.45) is 0 Å². The molecule has 1 heterocycles. The number of rotatable bonds is 6. The molecular weight excluding hydrogens is 340 g/mol. The van der Waals surface area contributed by atoms with Crippen LogP contribution >= 0.6 is 27.3 Å². The highest BCUT2D eigenvalue weighted by Crippen LogP contribution is 2.22. The molecule has 0 saturated carbocycles. The lowest BCUT2D eigenvalue weighted by Crippen LogP contribution is -2.38. The van der Waals surface area contributed by atoms with Gasteiger partial charge in [-0.15, -0.1) is 11.3 Å². The maximum atomic E-state index is 11.6. The first-order valence-corrected chi connectivity index (χ1v) is 8.37. The largest absolute Gasteiger partial charge is 0.444 e. The Morgan fingerprint density at radius 3 is 2.75 bits per heavy atom. The van der Waals surface area contributed by atoms with Crippen molar-refractivity contribution < 1.29 is 9.53 Å². The molecule has 0 fully saturated rings. The molecule has 0 aliphatic carbocycles. The first kappa shape index (κ1) is 17.5. The molecule has 0 bridgehead atoms. The third kappa shape index (κ3) is 7.26. The molecule has 0 aliphatic heterocycles. The van der Waals surface area contributed by atoms with Gasteiger partial charge in [-0.1, -0.05) is 0 Å². The fourth-order valence-electron chi connectivity index (χ4n) is 1.55. The summed E-state index contributed by atoms with van der Waals surface area (Å²) in [4.78, 5) is 12.9. The highest BCUT2D eigenvalue weighted by molar-refractivity contribution is 9.10. The van der Waals surface area contributed by atoms with Crippen LogP contribution in [0.2, 0.25) is 0 Å². The van der Waals surface area contributed by atoms with Gasteiger partial charge in [-0.2, -0.15) is 0 Å². The van der Waals surface area contributed by atoms with E-state index in [1.807, 2.05) is 33.8 Å². The SMILES string of the molecule is CC(CCNCc1sccc1Br)NC(=O)OC(C)(C)C. The zero-order valence-electron chi connectivity index (χ0n) is 12.5. The quantitative estimate of drug-likeness (QED) is 0.754. The third-order valence-corrected chi connectivity index (χ3v) is 4.42. The monoisotopic (exact) mass is 362 g/mol. The van der Waals surface area contributed by atoms with Crippen LogP contribution in [0.5, 0.6) is 0 Å². The topological polar surface area (TPSA) is 50.4 Å². The van der Waals surface area contributed by atoms with Crippen LogP contribution in [-0.2, 0) is 11.3 Å². The number of amides is 1. The van der Waals surface area contributed by atoms with Gasteiger partial charge in [-0.3, -0.25) is 0 Å². The summed E-state index contributed by atoms with van der Waals surface area (Å²) in [7, 11) is 0. The number of halogens is 1. The Morgan fingerprint density at radius 2 is 2.20 bits per heavy atom. The van der Waals surface area contributed by atoms with Crippen LogP contribution in [0, 0.1) is 0 Å². The molecule has 114 valence electrons. The zero-order chi connectivity index (χ0) is 15.2. The third-order valence-electron chi connectivity index (χ3n) is 2.49. The highest BCUT2D eigenvalue weighted by atomic mass is 79.9. The lowest BCUT2D eigenvalue weighted by atomic mass is 10.2. The van der Waals surface area contributed by atoms with Gasteiger partial charge in [0, 0.05) is 21.9 Å². The summed E-state index contributed by atoms with van der Waals surface area (Å²) in [6.45, 7) is 9.25. The van der Waals surface area contributed by atoms with Gasteiger partial charge in [0.25, 0.3) is 0 Å². The minimum atomic E-state index is -0.451. The number of hydrogen-bond acceptors (Lipinski definition) is 4. The second kappa shape index (κ2) is 8.00. The lowest BCUT2D eigenvalue weighted by molar-refractivity contribution is 0.0506. The highest BCUT2D eigenvalue weighted by Gasteiger charge is 2.17.